The molecule has 0 aliphatic rings. The maximum atomic E-state index is 13.3. The van der Waals surface area contributed by atoms with E-state index in [-0.39, 0.29) is 17.4 Å². The molecule has 3 amide bonds. The van der Waals surface area contributed by atoms with E-state index in [1.165, 1.54) is 11.8 Å². The van der Waals surface area contributed by atoms with Crippen LogP contribution in [0.1, 0.15) is 22.8 Å². The zero-order valence-electron chi connectivity index (χ0n) is 22.5. The second-order valence-corrected chi connectivity index (χ2v) is 10.7. The van der Waals surface area contributed by atoms with Gasteiger partial charge in [-0.25, -0.2) is 0 Å². The molecule has 0 bridgehead atoms. The third kappa shape index (κ3) is 9.14. The Balaban J connectivity index is 1.40. The van der Waals surface area contributed by atoms with Gasteiger partial charge in [-0.3, -0.25) is 14.4 Å². The standard InChI is InChI=1S/C32H27Cl2N3O4S/c1-2-41-25-13-8-21(9-14-25)18-29(37-31(39)22-6-4-3-5-7-22)32(40)36-23-10-15-26(16-11-23)42-20-30(38)35-24-12-17-27(33)28(34)19-24/h3-19H,2,20H2,1H3,(H,35,38)(H,36,40)(H,37,39)/b29-18-. The number of hydrogen-bond acceptors (Lipinski definition) is 5. The Hall–Kier alpha value is -4.24. The largest absolute Gasteiger partial charge is 0.494 e. The van der Waals surface area contributed by atoms with Gasteiger partial charge in [0, 0.05) is 21.8 Å². The topological polar surface area (TPSA) is 96.5 Å². The molecule has 0 heterocycles. The van der Waals surface area contributed by atoms with Crippen molar-refractivity contribution in [3.63, 3.8) is 0 Å². The van der Waals surface area contributed by atoms with Gasteiger partial charge in [0.15, 0.2) is 0 Å². The summed E-state index contributed by atoms with van der Waals surface area (Å²) in [5.41, 5.74) is 2.29. The highest BCUT2D eigenvalue weighted by Gasteiger charge is 2.15. The van der Waals surface area contributed by atoms with E-state index >= 15 is 0 Å². The van der Waals surface area contributed by atoms with Gasteiger partial charge < -0.3 is 20.7 Å². The van der Waals surface area contributed by atoms with E-state index in [2.05, 4.69) is 16.0 Å². The van der Waals surface area contributed by atoms with Gasteiger partial charge in [0.2, 0.25) is 5.91 Å². The van der Waals surface area contributed by atoms with E-state index in [1.54, 1.807) is 97.1 Å². The molecule has 0 spiro atoms. The van der Waals surface area contributed by atoms with Gasteiger partial charge in [0.05, 0.1) is 22.4 Å². The molecule has 0 aliphatic carbocycles. The molecule has 42 heavy (non-hydrogen) atoms. The molecule has 214 valence electrons. The zero-order chi connectivity index (χ0) is 29.9. The summed E-state index contributed by atoms with van der Waals surface area (Å²) in [6.07, 6.45) is 1.60. The first kappa shape index (κ1) is 30.7. The van der Waals surface area contributed by atoms with Crippen molar-refractivity contribution in [1.29, 1.82) is 0 Å². The van der Waals surface area contributed by atoms with Crippen LogP contribution in [0.25, 0.3) is 6.08 Å². The fraction of sp³-hybridized carbons (Fsp3) is 0.0938. The molecule has 4 aromatic carbocycles. The number of carbonyl (C=O) groups excluding carboxylic acids is 3. The Bertz CT molecular complexity index is 1580. The summed E-state index contributed by atoms with van der Waals surface area (Å²) in [5, 5.41) is 9.10. The number of hydrogen-bond donors (Lipinski definition) is 3. The summed E-state index contributed by atoms with van der Waals surface area (Å²) in [5.74, 6) is -0.219. The molecule has 4 aromatic rings. The summed E-state index contributed by atoms with van der Waals surface area (Å²) >= 11 is 13.3. The summed E-state index contributed by atoms with van der Waals surface area (Å²) in [4.78, 5) is 39.3. The number of carbonyl (C=O) groups is 3. The highest BCUT2D eigenvalue weighted by molar-refractivity contribution is 8.00. The lowest BCUT2D eigenvalue weighted by atomic mass is 10.1. The van der Waals surface area contributed by atoms with Crippen molar-refractivity contribution in [3.05, 3.63) is 124 Å². The van der Waals surface area contributed by atoms with Crippen LogP contribution in [0.5, 0.6) is 5.75 Å². The van der Waals surface area contributed by atoms with E-state index in [0.717, 1.165) is 4.90 Å². The Morgan fingerprint density at radius 3 is 2.17 bits per heavy atom. The van der Waals surface area contributed by atoms with Crippen LogP contribution in [0, 0.1) is 0 Å². The second kappa shape index (κ2) is 15.1. The molecular weight excluding hydrogens is 593 g/mol. The van der Waals surface area contributed by atoms with Crippen molar-refractivity contribution in [1.82, 2.24) is 5.32 Å². The van der Waals surface area contributed by atoms with Crippen molar-refractivity contribution < 1.29 is 19.1 Å². The fourth-order valence-corrected chi connectivity index (χ4v) is 4.69. The molecule has 0 aromatic heterocycles. The van der Waals surface area contributed by atoms with Gasteiger partial charge in [-0.1, -0.05) is 53.5 Å². The van der Waals surface area contributed by atoms with Gasteiger partial charge in [-0.2, -0.15) is 0 Å². The van der Waals surface area contributed by atoms with Crippen LogP contribution in [-0.2, 0) is 9.59 Å². The molecule has 0 aliphatic heterocycles. The van der Waals surface area contributed by atoms with Crippen LogP contribution in [0.4, 0.5) is 11.4 Å². The second-order valence-electron chi connectivity index (χ2n) is 8.82. The highest BCUT2D eigenvalue weighted by atomic mass is 35.5. The zero-order valence-corrected chi connectivity index (χ0v) is 24.9. The summed E-state index contributed by atoms with van der Waals surface area (Å²) in [6.45, 7) is 2.44. The third-order valence-corrected chi connectivity index (χ3v) is 7.47. The number of anilines is 2. The number of ether oxygens (including phenoxy) is 1. The van der Waals surface area contributed by atoms with Crippen LogP contribution in [0.3, 0.4) is 0 Å². The van der Waals surface area contributed by atoms with Crippen LogP contribution < -0.4 is 20.7 Å². The molecule has 0 fully saturated rings. The van der Waals surface area contributed by atoms with Gasteiger partial charge in [-0.15, -0.1) is 11.8 Å². The van der Waals surface area contributed by atoms with Crippen molar-refractivity contribution in [3.8, 4) is 5.75 Å². The first-order valence-corrected chi connectivity index (χ1v) is 14.6. The monoisotopic (exact) mass is 619 g/mol. The summed E-state index contributed by atoms with van der Waals surface area (Å²) < 4.78 is 5.49. The molecule has 3 N–H and O–H groups in total. The first-order valence-electron chi connectivity index (χ1n) is 12.9. The van der Waals surface area contributed by atoms with Crippen molar-refractivity contribution >= 4 is 70.1 Å². The average Bonchev–Trinajstić information content (AvgIpc) is 3.00. The van der Waals surface area contributed by atoms with Crippen LogP contribution in [0.15, 0.2) is 108 Å². The molecule has 0 unspecified atom stereocenters. The van der Waals surface area contributed by atoms with Gasteiger partial charge >= 0.3 is 0 Å². The molecule has 10 heteroatoms. The number of halogens is 2. The Morgan fingerprint density at radius 1 is 0.810 bits per heavy atom. The molecule has 0 saturated heterocycles. The first-order chi connectivity index (χ1) is 20.3. The van der Waals surface area contributed by atoms with Gasteiger partial charge in [-0.05, 0) is 85.3 Å². The van der Waals surface area contributed by atoms with E-state index in [0.29, 0.717) is 44.9 Å². The quantitative estimate of drug-likeness (QED) is 0.119. The Kier molecular flexibility index (Phi) is 11.1. The lowest BCUT2D eigenvalue weighted by Gasteiger charge is -2.12. The molecule has 0 saturated carbocycles. The maximum absolute atomic E-state index is 13.3. The van der Waals surface area contributed by atoms with Crippen LogP contribution in [-0.4, -0.2) is 30.1 Å². The smallest absolute Gasteiger partial charge is 0.272 e. The van der Waals surface area contributed by atoms with E-state index < -0.39 is 11.8 Å². The minimum absolute atomic E-state index is 0.0745. The number of rotatable bonds is 11. The lowest BCUT2D eigenvalue weighted by Crippen LogP contribution is -2.30. The molecule has 7 nitrogen and oxygen atoms in total. The normalized spacial score (nSPS) is 11.0. The minimum Gasteiger partial charge on any atom is -0.494 e. The summed E-state index contributed by atoms with van der Waals surface area (Å²) in [7, 11) is 0. The Labute approximate surface area is 258 Å². The number of benzene rings is 4. The van der Waals surface area contributed by atoms with Crippen LogP contribution in [0.2, 0.25) is 10.0 Å². The molecule has 0 atom stereocenters. The predicted octanol–water partition coefficient (Wildman–Crippen LogP) is 7.53. The van der Waals surface area contributed by atoms with Crippen LogP contribution >= 0.6 is 35.0 Å². The fourth-order valence-electron chi connectivity index (χ4n) is 3.69. The van der Waals surface area contributed by atoms with E-state index in [1.807, 2.05) is 13.0 Å². The van der Waals surface area contributed by atoms with Crippen molar-refractivity contribution in [2.75, 3.05) is 23.0 Å². The maximum Gasteiger partial charge on any atom is 0.272 e. The minimum atomic E-state index is -0.491. The number of nitrogens with one attached hydrogen (secondary N) is 3. The molecule has 0 radical (unpaired) electrons. The number of thioether (sulfide) groups is 1. The third-order valence-electron chi connectivity index (χ3n) is 5.72. The molecular formula is C32H27Cl2N3O4S. The highest BCUT2D eigenvalue weighted by Crippen LogP contribution is 2.26. The summed E-state index contributed by atoms with van der Waals surface area (Å²) in [6, 6.07) is 27.8. The van der Waals surface area contributed by atoms with Crippen molar-refractivity contribution in [2.45, 2.75) is 11.8 Å². The van der Waals surface area contributed by atoms with Crippen molar-refractivity contribution in [2.24, 2.45) is 0 Å². The average molecular weight is 621 g/mol. The SMILES string of the molecule is CCOc1ccc(/C=C(\NC(=O)c2ccccc2)C(=O)Nc2ccc(SCC(=O)Nc3ccc(Cl)c(Cl)c3)cc2)cc1. The predicted molar refractivity (Wildman–Crippen MR) is 170 cm³/mol. The molecule has 4 rings (SSSR count). The lowest BCUT2D eigenvalue weighted by molar-refractivity contribution is -0.114. The van der Waals surface area contributed by atoms with Gasteiger partial charge in [0.25, 0.3) is 11.8 Å². The van der Waals surface area contributed by atoms with E-state index in [4.69, 9.17) is 27.9 Å². The Morgan fingerprint density at radius 2 is 1.50 bits per heavy atom. The number of amides is 3. The van der Waals surface area contributed by atoms with E-state index in [9.17, 15) is 14.4 Å². The van der Waals surface area contributed by atoms with Gasteiger partial charge in [0.1, 0.15) is 11.4 Å².